The maximum Gasteiger partial charge on any atom is 0.241 e. The van der Waals surface area contributed by atoms with Crippen molar-refractivity contribution in [1.29, 1.82) is 0 Å². The lowest BCUT2D eigenvalue weighted by atomic mass is 10.1. The highest BCUT2D eigenvalue weighted by Crippen LogP contribution is 2.24. The second-order valence-electron chi connectivity index (χ2n) is 7.54. The van der Waals surface area contributed by atoms with Gasteiger partial charge in [0.15, 0.2) is 11.6 Å². The predicted octanol–water partition coefficient (Wildman–Crippen LogP) is 4.20. The van der Waals surface area contributed by atoms with E-state index in [2.05, 4.69) is 19.9 Å². The summed E-state index contributed by atoms with van der Waals surface area (Å²) >= 11 is 0. The molecule has 152 valence electrons. The second kappa shape index (κ2) is 8.39. The summed E-state index contributed by atoms with van der Waals surface area (Å²) < 4.78 is 32.1. The zero-order valence-corrected chi connectivity index (χ0v) is 16.6. The minimum atomic E-state index is -0.810. The molecule has 0 aliphatic carbocycles. The average Bonchev–Trinajstić information content (AvgIpc) is 3.19. The summed E-state index contributed by atoms with van der Waals surface area (Å²) in [6.45, 7) is 8.02. The average molecular weight is 398 g/mol. The predicted molar refractivity (Wildman–Crippen MR) is 106 cm³/mol. The van der Waals surface area contributed by atoms with Gasteiger partial charge in [0.05, 0.1) is 6.54 Å². The molecule has 4 rings (SSSR count). The number of aryl methyl sites for hydroxylation is 1. The molecule has 1 aliphatic rings. The van der Waals surface area contributed by atoms with Crippen LogP contribution in [0.25, 0.3) is 11.4 Å². The molecular formula is C22H24F2N4O. The summed E-state index contributed by atoms with van der Waals surface area (Å²) in [4.78, 5) is 9.05. The fraction of sp³-hybridized carbons (Fsp3) is 0.364. The molecule has 3 aromatic rings. The van der Waals surface area contributed by atoms with E-state index in [0.29, 0.717) is 18.3 Å². The van der Waals surface area contributed by atoms with Gasteiger partial charge in [-0.3, -0.25) is 9.80 Å². The van der Waals surface area contributed by atoms with Gasteiger partial charge in [-0.25, -0.2) is 8.78 Å². The van der Waals surface area contributed by atoms with Crippen LogP contribution in [0, 0.1) is 18.6 Å². The Balaban J connectivity index is 1.33. The molecule has 1 saturated heterocycles. The highest BCUT2D eigenvalue weighted by atomic mass is 19.2. The summed E-state index contributed by atoms with van der Waals surface area (Å²) in [5.41, 5.74) is 2.92. The number of aromatic nitrogens is 2. The third-order valence-electron chi connectivity index (χ3n) is 5.52. The number of nitrogens with zero attached hydrogens (tertiary/aromatic N) is 4. The molecule has 1 unspecified atom stereocenters. The Morgan fingerprint density at radius 3 is 2.41 bits per heavy atom. The van der Waals surface area contributed by atoms with Gasteiger partial charge in [-0.1, -0.05) is 41.1 Å². The van der Waals surface area contributed by atoms with Crippen LogP contribution in [-0.2, 0) is 6.54 Å². The third-order valence-corrected chi connectivity index (χ3v) is 5.52. The molecule has 29 heavy (non-hydrogen) atoms. The van der Waals surface area contributed by atoms with Crippen molar-refractivity contribution in [3.05, 3.63) is 71.1 Å². The summed E-state index contributed by atoms with van der Waals surface area (Å²) in [5.74, 6) is -0.405. The molecular weight excluding hydrogens is 374 g/mol. The molecule has 1 aliphatic heterocycles. The number of halogens is 2. The molecule has 0 radical (unpaired) electrons. The first-order valence-corrected chi connectivity index (χ1v) is 9.80. The number of rotatable bonds is 5. The number of piperazine rings is 1. The van der Waals surface area contributed by atoms with E-state index < -0.39 is 11.6 Å². The largest absolute Gasteiger partial charge is 0.338 e. The van der Waals surface area contributed by atoms with Crippen molar-refractivity contribution in [3.63, 3.8) is 0 Å². The number of hydrogen-bond acceptors (Lipinski definition) is 5. The first-order valence-electron chi connectivity index (χ1n) is 9.80. The molecule has 1 fully saturated rings. The van der Waals surface area contributed by atoms with Crippen molar-refractivity contribution in [3.8, 4) is 11.4 Å². The van der Waals surface area contributed by atoms with Gasteiger partial charge in [-0.15, -0.1) is 0 Å². The quantitative estimate of drug-likeness (QED) is 0.645. The normalized spacial score (nSPS) is 16.8. The van der Waals surface area contributed by atoms with Crippen molar-refractivity contribution in [2.45, 2.75) is 26.4 Å². The van der Waals surface area contributed by atoms with Crippen molar-refractivity contribution >= 4 is 0 Å². The fourth-order valence-corrected chi connectivity index (χ4v) is 3.62. The fourth-order valence-electron chi connectivity index (χ4n) is 3.62. The summed E-state index contributed by atoms with van der Waals surface area (Å²) in [6.07, 6.45) is 0. The summed E-state index contributed by atoms with van der Waals surface area (Å²) in [5, 5.41) is 4.09. The monoisotopic (exact) mass is 398 g/mol. The lowest BCUT2D eigenvalue weighted by Crippen LogP contribution is -2.46. The molecule has 5 nitrogen and oxygen atoms in total. The van der Waals surface area contributed by atoms with Gasteiger partial charge < -0.3 is 4.52 Å². The van der Waals surface area contributed by atoms with Gasteiger partial charge >= 0.3 is 0 Å². The van der Waals surface area contributed by atoms with E-state index in [4.69, 9.17) is 4.52 Å². The van der Waals surface area contributed by atoms with E-state index in [1.165, 1.54) is 17.7 Å². The Labute approximate surface area is 168 Å². The summed E-state index contributed by atoms with van der Waals surface area (Å²) in [7, 11) is 0. The third kappa shape index (κ3) is 4.52. The van der Waals surface area contributed by atoms with Crippen LogP contribution in [-0.4, -0.2) is 46.1 Å². The first kappa shape index (κ1) is 19.7. The minimum Gasteiger partial charge on any atom is -0.338 e. The van der Waals surface area contributed by atoms with Gasteiger partial charge in [0.25, 0.3) is 0 Å². The smallest absolute Gasteiger partial charge is 0.241 e. The van der Waals surface area contributed by atoms with Crippen LogP contribution in [0.3, 0.4) is 0 Å². The molecule has 7 heteroatoms. The van der Waals surface area contributed by atoms with Crippen LogP contribution in [0.1, 0.15) is 30.0 Å². The zero-order chi connectivity index (χ0) is 20.4. The highest BCUT2D eigenvalue weighted by Gasteiger charge is 2.24. The lowest BCUT2D eigenvalue weighted by Gasteiger charge is -2.37. The van der Waals surface area contributed by atoms with E-state index in [1.54, 1.807) is 6.07 Å². The summed E-state index contributed by atoms with van der Waals surface area (Å²) in [6, 6.07) is 12.2. The van der Waals surface area contributed by atoms with Crippen LogP contribution in [0.15, 0.2) is 47.0 Å². The molecule has 0 spiro atoms. The van der Waals surface area contributed by atoms with Crippen molar-refractivity contribution < 1.29 is 13.3 Å². The zero-order valence-electron chi connectivity index (χ0n) is 16.6. The highest BCUT2D eigenvalue weighted by molar-refractivity contribution is 5.54. The maximum atomic E-state index is 13.5. The van der Waals surface area contributed by atoms with Gasteiger partial charge in [-0.2, -0.15) is 4.98 Å². The Kier molecular flexibility index (Phi) is 5.69. The Bertz CT molecular complexity index is 965. The van der Waals surface area contributed by atoms with Crippen LogP contribution < -0.4 is 0 Å². The van der Waals surface area contributed by atoms with Gasteiger partial charge in [0.1, 0.15) is 0 Å². The first-order chi connectivity index (χ1) is 14.0. The molecule has 0 saturated carbocycles. The van der Waals surface area contributed by atoms with Gasteiger partial charge in [0.2, 0.25) is 11.7 Å². The minimum absolute atomic E-state index is 0.0313. The van der Waals surface area contributed by atoms with Crippen LogP contribution in [0.4, 0.5) is 8.78 Å². The van der Waals surface area contributed by atoms with Crippen molar-refractivity contribution in [2.24, 2.45) is 0 Å². The Morgan fingerprint density at radius 2 is 1.72 bits per heavy atom. The second-order valence-corrected chi connectivity index (χ2v) is 7.54. The molecule has 0 N–H and O–H groups in total. The number of hydrogen-bond donors (Lipinski definition) is 0. The van der Waals surface area contributed by atoms with Crippen LogP contribution in [0.2, 0.25) is 0 Å². The molecule has 2 heterocycles. The van der Waals surface area contributed by atoms with E-state index in [1.807, 2.05) is 38.1 Å². The van der Waals surface area contributed by atoms with Crippen LogP contribution >= 0.6 is 0 Å². The van der Waals surface area contributed by atoms with E-state index in [0.717, 1.165) is 37.3 Å². The SMILES string of the molecule is Cc1ccc(-c2noc(CN3CCN(C(C)c4ccc(F)c(F)c4)CC3)n2)cc1. The molecule has 1 atom stereocenters. The molecule has 0 amide bonds. The van der Waals surface area contributed by atoms with Gasteiger partial charge in [-0.05, 0) is 31.5 Å². The van der Waals surface area contributed by atoms with Crippen molar-refractivity contribution in [1.82, 2.24) is 19.9 Å². The molecule has 2 aromatic carbocycles. The van der Waals surface area contributed by atoms with E-state index in [-0.39, 0.29) is 6.04 Å². The Hall–Kier alpha value is -2.64. The molecule has 1 aromatic heterocycles. The van der Waals surface area contributed by atoms with Gasteiger partial charge in [0, 0.05) is 37.8 Å². The Morgan fingerprint density at radius 1 is 1.00 bits per heavy atom. The van der Waals surface area contributed by atoms with E-state index >= 15 is 0 Å². The van der Waals surface area contributed by atoms with Crippen molar-refractivity contribution in [2.75, 3.05) is 26.2 Å². The lowest BCUT2D eigenvalue weighted by molar-refractivity contribution is 0.0903. The standard InChI is InChI=1S/C22H24F2N4O/c1-15-3-5-17(6-4-15)22-25-21(29-26-22)14-27-9-11-28(12-10-27)16(2)18-7-8-19(23)20(24)13-18/h3-8,13,16H,9-12,14H2,1-2H3. The number of benzene rings is 2. The van der Waals surface area contributed by atoms with Crippen LogP contribution in [0.5, 0.6) is 0 Å². The van der Waals surface area contributed by atoms with E-state index in [9.17, 15) is 8.78 Å². The molecule has 0 bridgehead atoms. The maximum absolute atomic E-state index is 13.5. The topological polar surface area (TPSA) is 45.4 Å².